The number of hydrogen-bond donors (Lipinski definition) is 0. The molecular weight excluding hydrogens is 190 g/mol. The van der Waals surface area contributed by atoms with Gasteiger partial charge in [-0.2, -0.15) is 0 Å². The number of rotatable bonds is 5. The van der Waals surface area contributed by atoms with Gasteiger partial charge >= 0.3 is 0 Å². The topological polar surface area (TPSA) is 58.0 Å². The first-order valence-corrected chi connectivity index (χ1v) is 4.62. The molecule has 0 aliphatic heterocycles. The molecule has 0 radical (unpaired) electrons. The molecule has 1 rings (SSSR count). The van der Waals surface area contributed by atoms with Crippen LogP contribution in [0.2, 0.25) is 0 Å². The molecule has 0 fully saturated rings. The molecule has 0 heterocycles. The highest BCUT2D eigenvalue weighted by atomic mass is 16.5. The average molecular weight is 203 g/mol. The second-order valence-corrected chi connectivity index (χ2v) is 3.05. The van der Waals surface area contributed by atoms with Crippen LogP contribution in [-0.2, 0) is 6.54 Å². The first-order valence-electron chi connectivity index (χ1n) is 4.62. The summed E-state index contributed by atoms with van der Waals surface area (Å²) in [6, 6.07) is 5.76. The number of aryl methyl sites for hydroxylation is 1. The summed E-state index contributed by atoms with van der Waals surface area (Å²) >= 11 is 0. The van der Waals surface area contributed by atoms with Gasteiger partial charge in [0.05, 0.1) is 6.54 Å². The normalized spacial score (nSPS) is 9.13. The number of benzene rings is 1. The highest BCUT2D eigenvalue weighted by molar-refractivity contribution is 5.40. The van der Waals surface area contributed by atoms with Crippen LogP contribution in [0.5, 0.6) is 5.75 Å². The Hall–Kier alpha value is -1.93. The quantitative estimate of drug-likeness (QED) is 0.313. The van der Waals surface area contributed by atoms with E-state index in [-0.39, 0.29) is 0 Å². The maximum Gasteiger partial charge on any atom is 0.125 e. The lowest BCUT2D eigenvalue weighted by molar-refractivity contribution is 0.356. The van der Waals surface area contributed by atoms with Gasteiger partial charge in [0.1, 0.15) is 12.4 Å². The van der Waals surface area contributed by atoms with Crippen molar-refractivity contribution in [3.05, 3.63) is 52.4 Å². The van der Waals surface area contributed by atoms with Crippen molar-refractivity contribution >= 4 is 0 Å². The van der Waals surface area contributed by atoms with Crippen molar-refractivity contribution in [2.75, 3.05) is 6.61 Å². The minimum Gasteiger partial charge on any atom is -0.489 e. The third-order valence-electron chi connectivity index (χ3n) is 1.94. The lowest BCUT2D eigenvalue weighted by Gasteiger charge is -2.11. The van der Waals surface area contributed by atoms with E-state index in [1.807, 2.05) is 25.1 Å². The molecule has 0 aromatic heterocycles. The Morgan fingerprint density at radius 2 is 2.40 bits per heavy atom. The molecule has 1 aromatic carbocycles. The summed E-state index contributed by atoms with van der Waals surface area (Å²) in [5.41, 5.74) is 10.2. The van der Waals surface area contributed by atoms with Gasteiger partial charge in [0.2, 0.25) is 0 Å². The van der Waals surface area contributed by atoms with E-state index >= 15 is 0 Å². The molecule has 4 nitrogen and oxygen atoms in total. The summed E-state index contributed by atoms with van der Waals surface area (Å²) in [6.45, 7) is 6.31. The number of hydrogen-bond acceptors (Lipinski definition) is 2. The molecule has 0 aliphatic carbocycles. The van der Waals surface area contributed by atoms with E-state index in [2.05, 4.69) is 16.6 Å². The van der Waals surface area contributed by atoms with Crippen LogP contribution in [0.1, 0.15) is 11.1 Å². The van der Waals surface area contributed by atoms with Gasteiger partial charge in [-0.1, -0.05) is 36.0 Å². The maximum absolute atomic E-state index is 8.27. The molecule has 0 saturated carbocycles. The first-order chi connectivity index (χ1) is 7.29. The Bertz CT molecular complexity index is 395. The smallest absolute Gasteiger partial charge is 0.125 e. The van der Waals surface area contributed by atoms with Gasteiger partial charge in [0, 0.05) is 10.5 Å². The van der Waals surface area contributed by atoms with Crippen LogP contribution in [0.15, 0.2) is 36.0 Å². The second kappa shape index (κ2) is 5.73. The van der Waals surface area contributed by atoms with Gasteiger partial charge in [-0.3, -0.25) is 0 Å². The number of nitrogens with zero attached hydrogens (tertiary/aromatic N) is 3. The molecule has 0 atom stereocenters. The Labute approximate surface area is 88.8 Å². The monoisotopic (exact) mass is 203 g/mol. The van der Waals surface area contributed by atoms with Crippen molar-refractivity contribution in [2.24, 2.45) is 5.11 Å². The number of ether oxygens (including phenoxy) is 1. The van der Waals surface area contributed by atoms with Crippen molar-refractivity contribution in [1.29, 1.82) is 0 Å². The van der Waals surface area contributed by atoms with Gasteiger partial charge < -0.3 is 4.74 Å². The molecule has 0 N–H and O–H groups in total. The molecule has 0 spiro atoms. The highest BCUT2D eigenvalue weighted by Gasteiger charge is 2.04. The van der Waals surface area contributed by atoms with Crippen LogP contribution in [0.4, 0.5) is 0 Å². The summed E-state index contributed by atoms with van der Waals surface area (Å²) in [5.74, 6) is 0.782. The average Bonchev–Trinajstić information content (AvgIpc) is 2.25. The number of para-hydroxylation sites is 1. The van der Waals surface area contributed by atoms with Gasteiger partial charge in [-0.15, -0.1) is 0 Å². The Kier molecular flexibility index (Phi) is 4.26. The van der Waals surface area contributed by atoms with Crippen molar-refractivity contribution < 1.29 is 4.74 Å². The molecule has 0 amide bonds. The predicted molar refractivity (Wildman–Crippen MR) is 59.7 cm³/mol. The fraction of sp³-hybridized carbons (Fsp3) is 0.273. The van der Waals surface area contributed by atoms with Crippen molar-refractivity contribution in [3.8, 4) is 5.75 Å². The first kappa shape index (κ1) is 11.1. The molecule has 0 aliphatic rings. The molecule has 15 heavy (non-hydrogen) atoms. The standard InChI is InChI=1S/C11H13N3O/c1-3-7-15-11-9(2)5-4-6-10(11)8-13-14-12/h3-6H,1,7-8H2,2H3. The van der Waals surface area contributed by atoms with E-state index < -0.39 is 0 Å². The van der Waals surface area contributed by atoms with Crippen LogP contribution in [0.3, 0.4) is 0 Å². The fourth-order valence-electron chi connectivity index (χ4n) is 1.29. The van der Waals surface area contributed by atoms with Gasteiger partial charge in [-0.25, -0.2) is 0 Å². The zero-order valence-electron chi connectivity index (χ0n) is 8.68. The molecule has 0 unspecified atom stereocenters. The van der Waals surface area contributed by atoms with E-state index in [0.717, 1.165) is 16.9 Å². The molecule has 78 valence electrons. The third kappa shape index (κ3) is 3.04. The SMILES string of the molecule is C=CCOc1c(C)cccc1CN=[N+]=[N-]. The number of azide groups is 1. The van der Waals surface area contributed by atoms with Crippen molar-refractivity contribution in [1.82, 2.24) is 0 Å². The zero-order chi connectivity index (χ0) is 11.1. The molecular formula is C11H13N3O. The minimum absolute atomic E-state index is 0.310. The molecule has 0 bridgehead atoms. The van der Waals surface area contributed by atoms with E-state index in [1.165, 1.54) is 0 Å². The van der Waals surface area contributed by atoms with E-state index in [0.29, 0.717) is 13.2 Å². The fourth-order valence-corrected chi connectivity index (χ4v) is 1.29. The van der Waals surface area contributed by atoms with E-state index in [1.54, 1.807) is 6.08 Å². The highest BCUT2D eigenvalue weighted by Crippen LogP contribution is 2.24. The van der Waals surface area contributed by atoms with Crippen molar-refractivity contribution in [2.45, 2.75) is 13.5 Å². The summed E-state index contributed by atoms with van der Waals surface area (Å²) < 4.78 is 5.51. The van der Waals surface area contributed by atoms with Gasteiger partial charge in [0.15, 0.2) is 0 Å². The zero-order valence-corrected chi connectivity index (χ0v) is 8.68. The van der Waals surface area contributed by atoms with E-state index in [4.69, 9.17) is 10.3 Å². The molecule has 0 saturated heterocycles. The minimum atomic E-state index is 0.310. The summed E-state index contributed by atoms with van der Waals surface area (Å²) in [6.07, 6.45) is 1.68. The Morgan fingerprint density at radius 3 is 3.07 bits per heavy atom. The molecule has 1 aromatic rings. The Balaban J connectivity index is 2.96. The second-order valence-electron chi connectivity index (χ2n) is 3.05. The van der Waals surface area contributed by atoms with Gasteiger partial charge in [0.25, 0.3) is 0 Å². The van der Waals surface area contributed by atoms with Crippen molar-refractivity contribution in [3.63, 3.8) is 0 Å². The van der Waals surface area contributed by atoms with E-state index in [9.17, 15) is 0 Å². The van der Waals surface area contributed by atoms with Crippen LogP contribution >= 0.6 is 0 Å². The van der Waals surface area contributed by atoms with Crippen LogP contribution in [-0.4, -0.2) is 6.61 Å². The van der Waals surface area contributed by atoms with Crippen LogP contribution in [0, 0.1) is 6.92 Å². The third-order valence-corrected chi connectivity index (χ3v) is 1.94. The van der Waals surface area contributed by atoms with Crippen LogP contribution < -0.4 is 4.74 Å². The van der Waals surface area contributed by atoms with Gasteiger partial charge in [-0.05, 0) is 18.0 Å². The predicted octanol–water partition coefficient (Wildman–Crippen LogP) is 3.37. The maximum atomic E-state index is 8.27. The lowest BCUT2D eigenvalue weighted by atomic mass is 10.1. The summed E-state index contributed by atoms with van der Waals surface area (Å²) in [4.78, 5) is 2.73. The lowest BCUT2D eigenvalue weighted by Crippen LogP contribution is -1.99. The summed E-state index contributed by atoms with van der Waals surface area (Å²) in [5, 5.41) is 3.53. The Morgan fingerprint density at radius 1 is 1.60 bits per heavy atom. The largest absolute Gasteiger partial charge is 0.489 e. The molecule has 4 heteroatoms. The summed E-state index contributed by atoms with van der Waals surface area (Å²) in [7, 11) is 0. The van der Waals surface area contributed by atoms with Crippen LogP contribution in [0.25, 0.3) is 10.4 Å².